The molecule has 0 aromatic heterocycles. The van der Waals surface area contributed by atoms with Crippen LogP contribution in [0.5, 0.6) is 0 Å². The van der Waals surface area contributed by atoms with E-state index in [1.807, 2.05) is 0 Å². The summed E-state index contributed by atoms with van der Waals surface area (Å²) >= 11 is 0. The summed E-state index contributed by atoms with van der Waals surface area (Å²) in [6.07, 6.45) is 7.61. The van der Waals surface area contributed by atoms with Crippen LogP contribution in [0.25, 0.3) is 0 Å². The van der Waals surface area contributed by atoms with Gasteiger partial charge in [-0.05, 0) is 30.4 Å². The smallest absolute Gasteiger partial charge is 0.0580 e. The standard InChI is InChI=1S/C16H26O/c1-3-5-6-7-8-16(17)13-15-11-9-14(4-2)10-12-15/h9-12,16-17H,3-8,13H2,1-2H3. The van der Waals surface area contributed by atoms with Crippen LogP contribution in [-0.2, 0) is 12.8 Å². The van der Waals surface area contributed by atoms with Crippen LogP contribution in [0, 0.1) is 0 Å². The molecule has 1 atom stereocenters. The molecule has 0 aliphatic heterocycles. The highest BCUT2D eigenvalue weighted by molar-refractivity contribution is 5.22. The van der Waals surface area contributed by atoms with Gasteiger partial charge in [-0.25, -0.2) is 0 Å². The molecule has 1 rings (SSSR count). The van der Waals surface area contributed by atoms with Gasteiger partial charge in [-0.15, -0.1) is 0 Å². The molecule has 17 heavy (non-hydrogen) atoms. The molecular formula is C16H26O. The first kappa shape index (κ1) is 14.2. The molecule has 1 aromatic carbocycles. The molecule has 1 heteroatoms. The lowest BCUT2D eigenvalue weighted by Gasteiger charge is -2.10. The van der Waals surface area contributed by atoms with E-state index in [1.165, 1.54) is 30.4 Å². The molecule has 0 spiro atoms. The normalized spacial score (nSPS) is 12.6. The van der Waals surface area contributed by atoms with Crippen LogP contribution < -0.4 is 0 Å². The van der Waals surface area contributed by atoms with Crippen molar-refractivity contribution in [3.05, 3.63) is 35.4 Å². The summed E-state index contributed by atoms with van der Waals surface area (Å²) in [7, 11) is 0. The summed E-state index contributed by atoms with van der Waals surface area (Å²) in [6, 6.07) is 8.63. The molecular weight excluding hydrogens is 208 g/mol. The molecule has 0 aliphatic carbocycles. The van der Waals surface area contributed by atoms with E-state index < -0.39 is 0 Å². The molecule has 0 amide bonds. The molecule has 0 fully saturated rings. The third-order valence-corrected chi connectivity index (χ3v) is 3.29. The summed E-state index contributed by atoms with van der Waals surface area (Å²) in [5, 5.41) is 9.93. The van der Waals surface area contributed by atoms with Crippen LogP contribution >= 0.6 is 0 Å². The van der Waals surface area contributed by atoms with Gasteiger partial charge in [0.2, 0.25) is 0 Å². The third-order valence-electron chi connectivity index (χ3n) is 3.29. The van der Waals surface area contributed by atoms with Gasteiger partial charge in [0.1, 0.15) is 0 Å². The SMILES string of the molecule is CCCCCCC(O)Cc1ccc(CC)cc1. The van der Waals surface area contributed by atoms with Gasteiger partial charge in [0.05, 0.1) is 6.10 Å². The molecule has 0 aliphatic rings. The molecule has 1 unspecified atom stereocenters. The molecule has 1 N–H and O–H groups in total. The quantitative estimate of drug-likeness (QED) is 0.671. The molecule has 0 saturated heterocycles. The van der Waals surface area contributed by atoms with Crippen molar-refractivity contribution in [2.24, 2.45) is 0 Å². The number of aliphatic hydroxyl groups is 1. The van der Waals surface area contributed by atoms with E-state index in [2.05, 4.69) is 38.1 Å². The summed E-state index contributed by atoms with van der Waals surface area (Å²) in [4.78, 5) is 0. The lowest BCUT2D eigenvalue weighted by atomic mass is 10.0. The first-order valence-corrected chi connectivity index (χ1v) is 7.02. The van der Waals surface area contributed by atoms with E-state index in [0.717, 1.165) is 25.7 Å². The van der Waals surface area contributed by atoms with Gasteiger partial charge < -0.3 is 5.11 Å². The monoisotopic (exact) mass is 234 g/mol. The Morgan fingerprint density at radius 2 is 1.59 bits per heavy atom. The highest BCUT2D eigenvalue weighted by Gasteiger charge is 2.05. The van der Waals surface area contributed by atoms with Crippen LogP contribution in [0.2, 0.25) is 0 Å². The van der Waals surface area contributed by atoms with Gasteiger partial charge in [0.15, 0.2) is 0 Å². The molecule has 0 saturated carbocycles. The predicted molar refractivity (Wildman–Crippen MR) is 74.3 cm³/mol. The molecule has 96 valence electrons. The third kappa shape index (κ3) is 5.88. The minimum absolute atomic E-state index is 0.167. The van der Waals surface area contributed by atoms with E-state index in [1.54, 1.807) is 0 Å². The molecule has 1 nitrogen and oxygen atoms in total. The number of hydrogen-bond donors (Lipinski definition) is 1. The van der Waals surface area contributed by atoms with Crippen molar-refractivity contribution >= 4 is 0 Å². The number of hydrogen-bond acceptors (Lipinski definition) is 1. The molecule has 1 aromatic rings. The summed E-state index contributed by atoms with van der Waals surface area (Å²) < 4.78 is 0. The molecule has 0 radical (unpaired) electrons. The largest absolute Gasteiger partial charge is 0.393 e. The van der Waals surface area contributed by atoms with Gasteiger partial charge in [0.25, 0.3) is 0 Å². The van der Waals surface area contributed by atoms with Gasteiger partial charge >= 0.3 is 0 Å². The predicted octanol–water partition coefficient (Wildman–Crippen LogP) is 4.12. The number of benzene rings is 1. The van der Waals surface area contributed by atoms with Crippen LogP contribution in [0.4, 0.5) is 0 Å². The minimum atomic E-state index is -0.167. The minimum Gasteiger partial charge on any atom is -0.393 e. The van der Waals surface area contributed by atoms with Crippen molar-refractivity contribution in [2.75, 3.05) is 0 Å². The fourth-order valence-electron chi connectivity index (χ4n) is 2.09. The zero-order valence-corrected chi connectivity index (χ0v) is 11.3. The van der Waals surface area contributed by atoms with E-state index >= 15 is 0 Å². The Labute approximate surface area is 106 Å². The fraction of sp³-hybridized carbons (Fsp3) is 0.625. The Balaban J connectivity index is 2.26. The van der Waals surface area contributed by atoms with Crippen LogP contribution in [0.3, 0.4) is 0 Å². The highest BCUT2D eigenvalue weighted by atomic mass is 16.3. The average Bonchev–Trinajstić information content (AvgIpc) is 2.36. The van der Waals surface area contributed by atoms with E-state index in [4.69, 9.17) is 0 Å². The van der Waals surface area contributed by atoms with Crippen LogP contribution in [0.15, 0.2) is 24.3 Å². The van der Waals surface area contributed by atoms with Crippen molar-refractivity contribution in [3.63, 3.8) is 0 Å². The topological polar surface area (TPSA) is 20.2 Å². The van der Waals surface area contributed by atoms with Crippen molar-refractivity contribution in [1.29, 1.82) is 0 Å². The molecule has 0 bridgehead atoms. The maximum atomic E-state index is 9.93. The lowest BCUT2D eigenvalue weighted by molar-refractivity contribution is 0.161. The van der Waals surface area contributed by atoms with E-state index in [0.29, 0.717) is 0 Å². The number of unbranched alkanes of at least 4 members (excludes halogenated alkanes) is 3. The number of aryl methyl sites for hydroxylation is 1. The van der Waals surface area contributed by atoms with Gasteiger partial charge in [-0.2, -0.15) is 0 Å². The second-order valence-electron chi connectivity index (χ2n) is 4.88. The molecule has 0 heterocycles. The maximum Gasteiger partial charge on any atom is 0.0580 e. The van der Waals surface area contributed by atoms with Crippen molar-refractivity contribution in [1.82, 2.24) is 0 Å². The van der Waals surface area contributed by atoms with Crippen molar-refractivity contribution in [3.8, 4) is 0 Å². The Bertz CT molecular complexity index is 289. The van der Waals surface area contributed by atoms with Gasteiger partial charge in [-0.3, -0.25) is 0 Å². The second kappa shape index (κ2) is 8.30. The second-order valence-corrected chi connectivity index (χ2v) is 4.88. The zero-order valence-electron chi connectivity index (χ0n) is 11.3. The zero-order chi connectivity index (χ0) is 12.5. The van der Waals surface area contributed by atoms with Crippen LogP contribution in [-0.4, -0.2) is 11.2 Å². The Hall–Kier alpha value is -0.820. The summed E-state index contributed by atoms with van der Waals surface area (Å²) in [5.74, 6) is 0. The van der Waals surface area contributed by atoms with E-state index in [-0.39, 0.29) is 6.10 Å². The van der Waals surface area contributed by atoms with Gasteiger partial charge in [0, 0.05) is 0 Å². The highest BCUT2D eigenvalue weighted by Crippen LogP contribution is 2.12. The Kier molecular flexibility index (Phi) is 6.95. The number of aliphatic hydroxyl groups excluding tert-OH is 1. The van der Waals surface area contributed by atoms with Crippen LogP contribution in [0.1, 0.15) is 57.1 Å². The Morgan fingerprint density at radius 3 is 2.18 bits per heavy atom. The first-order chi connectivity index (χ1) is 8.26. The van der Waals surface area contributed by atoms with E-state index in [9.17, 15) is 5.11 Å². The summed E-state index contributed by atoms with van der Waals surface area (Å²) in [6.45, 7) is 4.38. The maximum absolute atomic E-state index is 9.93. The average molecular weight is 234 g/mol. The first-order valence-electron chi connectivity index (χ1n) is 7.02. The summed E-state index contributed by atoms with van der Waals surface area (Å²) in [5.41, 5.74) is 2.62. The van der Waals surface area contributed by atoms with Crippen molar-refractivity contribution in [2.45, 2.75) is 64.9 Å². The van der Waals surface area contributed by atoms with Crippen molar-refractivity contribution < 1.29 is 5.11 Å². The fourth-order valence-corrected chi connectivity index (χ4v) is 2.09. The number of rotatable bonds is 8. The van der Waals surface area contributed by atoms with Gasteiger partial charge in [-0.1, -0.05) is 63.8 Å². The Morgan fingerprint density at radius 1 is 0.941 bits per heavy atom. The lowest BCUT2D eigenvalue weighted by Crippen LogP contribution is -2.10.